The highest BCUT2D eigenvalue weighted by molar-refractivity contribution is 5.73. The number of ether oxygens (including phenoxy) is 2. The van der Waals surface area contributed by atoms with Gasteiger partial charge in [0, 0.05) is 6.92 Å². The van der Waals surface area contributed by atoms with Crippen LogP contribution in [0.1, 0.15) is 6.92 Å². The molecule has 0 saturated carbocycles. The van der Waals surface area contributed by atoms with Crippen LogP contribution >= 0.6 is 0 Å². The number of carbonyl (C=O) groups excluding carboxylic acids is 1. The minimum Gasteiger partial charge on any atom is -0.394 e. The van der Waals surface area contributed by atoms with Gasteiger partial charge in [0.05, 0.1) is 25.9 Å². The van der Waals surface area contributed by atoms with Crippen molar-refractivity contribution in [3.63, 3.8) is 0 Å². The lowest BCUT2D eigenvalue weighted by Crippen LogP contribution is -2.63. The number of carbonyl (C=O) groups is 1. The van der Waals surface area contributed by atoms with Gasteiger partial charge in [-0.3, -0.25) is 4.79 Å². The van der Waals surface area contributed by atoms with Crippen LogP contribution in [0.5, 0.6) is 0 Å². The van der Waals surface area contributed by atoms with Crippen molar-refractivity contribution in [3.05, 3.63) is 0 Å². The van der Waals surface area contributed by atoms with Gasteiger partial charge in [-0.25, -0.2) is 0 Å². The summed E-state index contributed by atoms with van der Waals surface area (Å²) in [6.45, 7) is -1.19. The Bertz CT molecular complexity index is 437. The van der Waals surface area contributed by atoms with E-state index in [0.717, 1.165) is 6.92 Å². The number of rotatable bonds is 9. The van der Waals surface area contributed by atoms with Gasteiger partial charge in [-0.15, -0.1) is 0 Å². The van der Waals surface area contributed by atoms with Gasteiger partial charge >= 0.3 is 0 Å². The van der Waals surface area contributed by atoms with Gasteiger partial charge in [-0.2, -0.15) is 0 Å². The predicted molar refractivity (Wildman–Crippen MR) is 82.4 cm³/mol. The summed E-state index contributed by atoms with van der Waals surface area (Å²) in [6.07, 6.45) is -13.3. The smallest absolute Gasteiger partial charge is 0.217 e. The molecular weight excluding hydrogens is 358 g/mol. The maximum Gasteiger partial charge on any atom is 0.217 e. The third kappa shape index (κ3) is 5.53. The number of aliphatic hydroxyl groups is 8. The molecule has 26 heavy (non-hydrogen) atoms. The molecule has 0 aromatic rings. The van der Waals surface area contributed by atoms with Crippen LogP contribution in [0.15, 0.2) is 0 Å². The van der Waals surface area contributed by atoms with Crippen molar-refractivity contribution in [2.75, 3.05) is 19.8 Å². The quantitative estimate of drug-likeness (QED) is 0.183. The standard InChI is InChI=1S/C14H27NO11/c1-5(19)15-6(2-16)13(9(21)7(20)3-17)26-14-12(24)11(23)10(22)8(4-18)25-14/h6-14,16-18,20-24H,2-4H2,1H3,(H,15,19)/t6-,7+,8+,9-,10-,11-,12+,13+,14+/m0/s1. The molecule has 0 radical (unpaired) electrons. The van der Waals surface area contributed by atoms with Gasteiger partial charge in [-0.1, -0.05) is 0 Å². The van der Waals surface area contributed by atoms with Crippen molar-refractivity contribution in [2.45, 2.75) is 62.0 Å². The van der Waals surface area contributed by atoms with E-state index in [-0.39, 0.29) is 0 Å². The van der Waals surface area contributed by atoms with E-state index in [0.29, 0.717) is 0 Å². The molecule has 1 aliphatic rings. The average Bonchev–Trinajstić information content (AvgIpc) is 2.62. The number of aliphatic hydroxyl groups excluding tert-OH is 8. The van der Waals surface area contributed by atoms with Gasteiger partial charge in [0.25, 0.3) is 0 Å². The second kappa shape index (κ2) is 10.4. The molecule has 1 fully saturated rings. The lowest BCUT2D eigenvalue weighted by Gasteiger charge is -2.42. The van der Waals surface area contributed by atoms with Crippen LogP contribution in [0.2, 0.25) is 0 Å². The molecule has 0 aliphatic carbocycles. The highest BCUT2D eigenvalue weighted by Gasteiger charge is 2.47. The van der Waals surface area contributed by atoms with E-state index in [2.05, 4.69) is 5.32 Å². The molecule has 1 rings (SSSR count). The van der Waals surface area contributed by atoms with Crippen molar-refractivity contribution >= 4 is 5.91 Å². The third-order valence-corrected chi connectivity index (χ3v) is 4.04. The first kappa shape index (κ1) is 23.1. The van der Waals surface area contributed by atoms with Gasteiger partial charge in [0.2, 0.25) is 5.91 Å². The second-order valence-corrected chi connectivity index (χ2v) is 6.03. The monoisotopic (exact) mass is 385 g/mol. The Hall–Kier alpha value is -0.930. The van der Waals surface area contributed by atoms with E-state index in [4.69, 9.17) is 14.6 Å². The van der Waals surface area contributed by atoms with E-state index in [9.17, 15) is 40.5 Å². The zero-order valence-electron chi connectivity index (χ0n) is 14.1. The topological polar surface area (TPSA) is 209 Å². The van der Waals surface area contributed by atoms with E-state index >= 15 is 0 Å². The SMILES string of the molecule is CC(=O)N[C@@H](CO)[C@@H](O[C@H]1O[C@H](CO)[C@H](O)[C@H](O)[C@H]1O)[C@@H](O)[C@H](O)CO. The summed E-state index contributed by atoms with van der Waals surface area (Å²) in [5.74, 6) is -0.600. The van der Waals surface area contributed by atoms with Crippen LogP contribution in [-0.4, -0.2) is 122 Å². The molecule has 1 aliphatic heterocycles. The fourth-order valence-electron chi connectivity index (χ4n) is 2.57. The summed E-state index contributed by atoms with van der Waals surface area (Å²) < 4.78 is 10.5. The van der Waals surface area contributed by atoms with Crippen molar-refractivity contribution in [1.29, 1.82) is 0 Å². The number of hydrogen-bond acceptors (Lipinski definition) is 11. The van der Waals surface area contributed by atoms with Crippen LogP contribution in [0.4, 0.5) is 0 Å². The molecule has 0 unspecified atom stereocenters. The summed E-state index contributed by atoms with van der Waals surface area (Å²) in [7, 11) is 0. The predicted octanol–water partition coefficient (Wildman–Crippen LogP) is -5.62. The maximum atomic E-state index is 11.3. The average molecular weight is 385 g/mol. The van der Waals surface area contributed by atoms with Crippen LogP contribution in [-0.2, 0) is 14.3 Å². The molecule has 9 atom stereocenters. The molecule has 154 valence electrons. The van der Waals surface area contributed by atoms with Crippen LogP contribution in [0.3, 0.4) is 0 Å². The molecule has 0 bridgehead atoms. The molecule has 0 aromatic carbocycles. The number of amides is 1. The Morgan fingerprint density at radius 1 is 1.08 bits per heavy atom. The lowest BCUT2D eigenvalue weighted by atomic mass is 9.98. The zero-order chi connectivity index (χ0) is 20.0. The molecular formula is C14H27NO11. The minimum absolute atomic E-state index is 0.600. The first-order valence-corrected chi connectivity index (χ1v) is 7.98. The Morgan fingerprint density at radius 2 is 1.69 bits per heavy atom. The molecule has 9 N–H and O–H groups in total. The third-order valence-electron chi connectivity index (χ3n) is 4.04. The Balaban J connectivity index is 3.04. The molecule has 1 saturated heterocycles. The Kier molecular flexibility index (Phi) is 9.26. The Labute approximate surface area is 149 Å². The maximum absolute atomic E-state index is 11.3. The summed E-state index contributed by atoms with van der Waals surface area (Å²) in [4.78, 5) is 11.3. The van der Waals surface area contributed by atoms with Crippen LogP contribution < -0.4 is 5.32 Å². The summed E-state index contributed by atoms with van der Waals surface area (Å²) >= 11 is 0. The largest absolute Gasteiger partial charge is 0.394 e. The van der Waals surface area contributed by atoms with Gasteiger partial charge in [0.15, 0.2) is 6.29 Å². The van der Waals surface area contributed by atoms with Crippen LogP contribution in [0.25, 0.3) is 0 Å². The van der Waals surface area contributed by atoms with Crippen molar-refractivity contribution < 1.29 is 55.1 Å². The van der Waals surface area contributed by atoms with Crippen molar-refractivity contribution in [1.82, 2.24) is 5.32 Å². The molecule has 12 heteroatoms. The number of hydrogen-bond donors (Lipinski definition) is 9. The molecule has 12 nitrogen and oxygen atoms in total. The van der Waals surface area contributed by atoms with Crippen molar-refractivity contribution in [2.24, 2.45) is 0 Å². The lowest BCUT2D eigenvalue weighted by molar-refractivity contribution is -0.322. The van der Waals surface area contributed by atoms with Crippen LogP contribution in [0, 0.1) is 0 Å². The Morgan fingerprint density at radius 3 is 2.15 bits per heavy atom. The van der Waals surface area contributed by atoms with E-state index in [1.165, 1.54) is 0 Å². The molecule has 1 amide bonds. The molecule has 1 heterocycles. The molecule has 0 aromatic heterocycles. The first-order chi connectivity index (χ1) is 12.2. The normalized spacial score (nSPS) is 34.0. The van der Waals surface area contributed by atoms with Gasteiger partial charge in [-0.05, 0) is 0 Å². The van der Waals surface area contributed by atoms with Crippen molar-refractivity contribution in [3.8, 4) is 0 Å². The fraction of sp³-hybridized carbons (Fsp3) is 0.929. The van der Waals surface area contributed by atoms with Gasteiger partial charge < -0.3 is 55.6 Å². The summed E-state index contributed by atoms with van der Waals surface area (Å²) in [5, 5.41) is 79.2. The minimum atomic E-state index is -1.82. The summed E-state index contributed by atoms with van der Waals surface area (Å²) in [5.41, 5.74) is 0. The van der Waals surface area contributed by atoms with Gasteiger partial charge in [0.1, 0.15) is 42.7 Å². The van der Waals surface area contributed by atoms with E-state index in [1.54, 1.807) is 0 Å². The van der Waals surface area contributed by atoms with E-state index in [1.807, 2.05) is 0 Å². The highest BCUT2D eigenvalue weighted by atomic mass is 16.7. The first-order valence-electron chi connectivity index (χ1n) is 7.98. The fourth-order valence-corrected chi connectivity index (χ4v) is 2.57. The zero-order valence-corrected chi connectivity index (χ0v) is 14.1. The number of nitrogens with one attached hydrogen (secondary N) is 1. The highest BCUT2D eigenvalue weighted by Crippen LogP contribution is 2.25. The van der Waals surface area contributed by atoms with E-state index < -0.39 is 80.8 Å². The molecule has 0 spiro atoms. The second-order valence-electron chi connectivity index (χ2n) is 6.03. The summed E-state index contributed by atoms with van der Waals surface area (Å²) in [6, 6.07) is -1.27.